The van der Waals surface area contributed by atoms with Crippen LogP contribution in [-0.2, 0) is 16.1 Å². The number of nitrogens with zero attached hydrogens (tertiary/aromatic N) is 4. The zero-order valence-corrected chi connectivity index (χ0v) is 15.8. The maximum absolute atomic E-state index is 12.9. The van der Waals surface area contributed by atoms with Crippen molar-refractivity contribution in [1.29, 1.82) is 0 Å². The molecule has 2 aliphatic heterocycles. The molecule has 3 aliphatic rings. The van der Waals surface area contributed by atoms with Crippen LogP contribution in [0.15, 0.2) is 0 Å². The van der Waals surface area contributed by atoms with E-state index in [4.69, 9.17) is 4.98 Å². The zero-order chi connectivity index (χ0) is 19.1. The van der Waals surface area contributed by atoms with Gasteiger partial charge in [-0.05, 0) is 31.6 Å². The molecule has 1 aliphatic carbocycles. The minimum Gasteiger partial charge on any atom is -0.331 e. The number of imide groups is 1. The molecule has 4 rings (SSSR count). The van der Waals surface area contributed by atoms with Crippen LogP contribution in [0.5, 0.6) is 0 Å². The first-order valence-electron chi connectivity index (χ1n) is 9.78. The first-order chi connectivity index (χ1) is 12.9. The second kappa shape index (κ2) is 6.94. The highest BCUT2D eigenvalue weighted by molar-refractivity contribution is 6.04. The van der Waals surface area contributed by atoms with E-state index in [-0.39, 0.29) is 24.3 Å². The minimum absolute atomic E-state index is 0.00294. The van der Waals surface area contributed by atoms with E-state index in [9.17, 15) is 14.4 Å². The van der Waals surface area contributed by atoms with Gasteiger partial charge in [-0.25, -0.2) is 14.5 Å². The van der Waals surface area contributed by atoms with E-state index in [1.165, 1.54) is 0 Å². The van der Waals surface area contributed by atoms with Crippen LogP contribution >= 0.6 is 0 Å². The first-order valence-corrected chi connectivity index (χ1v) is 9.78. The Morgan fingerprint density at radius 2 is 2.04 bits per heavy atom. The fourth-order valence-electron chi connectivity index (χ4n) is 3.85. The summed E-state index contributed by atoms with van der Waals surface area (Å²) in [5.41, 5.74) is 0. The van der Waals surface area contributed by atoms with Crippen molar-refractivity contribution in [3.8, 4) is 0 Å². The molecule has 3 heterocycles. The third-order valence-electron chi connectivity index (χ3n) is 5.41. The molecule has 0 spiro atoms. The number of hydrogen-bond acceptors (Lipinski definition) is 5. The molecule has 9 heteroatoms. The number of amides is 4. The Kier molecular flexibility index (Phi) is 4.61. The van der Waals surface area contributed by atoms with E-state index < -0.39 is 12.1 Å². The summed E-state index contributed by atoms with van der Waals surface area (Å²) in [6.45, 7) is 5.52. The summed E-state index contributed by atoms with van der Waals surface area (Å²) in [4.78, 5) is 42.5. The van der Waals surface area contributed by atoms with Crippen molar-refractivity contribution >= 4 is 17.8 Å². The monoisotopic (exact) mass is 374 g/mol. The Morgan fingerprint density at radius 1 is 1.26 bits per heavy atom. The van der Waals surface area contributed by atoms with Gasteiger partial charge in [0.15, 0.2) is 5.82 Å². The van der Waals surface area contributed by atoms with Gasteiger partial charge in [0.25, 0.3) is 5.91 Å². The van der Waals surface area contributed by atoms with Crippen LogP contribution < -0.4 is 10.6 Å². The van der Waals surface area contributed by atoms with Gasteiger partial charge >= 0.3 is 6.03 Å². The lowest BCUT2D eigenvalue weighted by atomic mass is 9.99. The molecule has 2 atom stereocenters. The van der Waals surface area contributed by atoms with Crippen molar-refractivity contribution in [1.82, 2.24) is 30.3 Å². The van der Waals surface area contributed by atoms with E-state index in [0.29, 0.717) is 31.3 Å². The molecule has 2 N–H and O–H groups in total. The Hall–Kier alpha value is -2.45. The van der Waals surface area contributed by atoms with Crippen molar-refractivity contribution in [3.63, 3.8) is 0 Å². The third-order valence-corrected chi connectivity index (χ3v) is 5.41. The molecule has 0 aromatic carbocycles. The van der Waals surface area contributed by atoms with Gasteiger partial charge in [0.1, 0.15) is 11.9 Å². The number of carbonyl (C=O) groups excluding carboxylic acids is 3. The largest absolute Gasteiger partial charge is 0.331 e. The number of nitrogens with one attached hydrogen (secondary N) is 2. The van der Waals surface area contributed by atoms with Crippen molar-refractivity contribution in [2.75, 3.05) is 6.54 Å². The molecule has 9 nitrogen and oxygen atoms in total. The fraction of sp³-hybridized carbons (Fsp3) is 0.722. The third kappa shape index (κ3) is 3.68. The lowest BCUT2D eigenvalue weighted by Gasteiger charge is -2.36. The number of fused-ring (bicyclic) bond motifs is 1. The van der Waals surface area contributed by atoms with E-state index in [2.05, 4.69) is 29.6 Å². The Balaban J connectivity index is 1.47. The number of urea groups is 1. The van der Waals surface area contributed by atoms with E-state index in [1.54, 1.807) is 0 Å². The van der Waals surface area contributed by atoms with Gasteiger partial charge in [0, 0.05) is 18.9 Å². The molecule has 0 radical (unpaired) electrons. The van der Waals surface area contributed by atoms with Crippen molar-refractivity contribution < 1.29 is 14.4 Å². The van der Waals surface area contributed by atoms with Gasteiger partial charge in [-0.2, -0.15) is 5.10 Å². The van der Waals surface area contributed by atoms with Gasteiger partial charge in [-0.1, -0.05) is 13.8 Å². The first kappa shape index (κ1) is 17.9. The van der Waals surface area contributed by atoms with Crippen LogP contribution in [0.2, 0.25) is 0 Å². The average molecular weight is 374 g/mol. The Morgan fingerprint density at radius 3 is 2.67 bits per heavy atom. The highest BCUT2D eigenvalue weighted by atomic mass is 16.2. The highest BCUT2D eigenvalue weighted by Gasteiger charge is 2.37. The average Bonchev–Trinajstić information content (AvgIpc) is 3.28. The van der Waals surface area contributed by atoms with Crippen LogP contribution in [0.1, 0.15) is 69.6 Å². The molecule has 1 aromatic heterocycles. The highest BCUT2D eigenvalue weighted by Crippen LogP contribution is 2.40. The van der Waals surface area contributed by atoms with Crippen molar-refractivity contribution in [2.24, 2.45) is 5.92 Å². The Labute approximate surface area is 157 Å². The van der Waals surface area contributed by atoms with Crippen molar-refractivity contribution in [2.45, 2.75) is 70.5 Å². The topological polar surface area (TPSA) is 109 Å². The molecule has 0 unspecified atom stereocenters. The molecule has 4 amide bonds. The van der Waals surface area contributed by atoms with Crippen LogP contribution in [0.25, 0.3) is 0 Å². The predicted molar refractivity (Wildman–Crippen MR) is 95.6 cm³/mol. The fourth-order valence-corrected chi connectivity index (χ4v) is 3.85. The van der Waals surface area contributed by atoms with Crippen LogP contribution in [-0.4, -0.2) is 50.1 Å². The molecule has 146 valence electrons. The number of carbonyl (C=O) groups is 3. The number of rotatable bonds is 6. The molecule has 1 saturated heterocycles. The summed E-state index contributed by atoms with van der Waals surface area (Å²) in [6, 6.07) is -1.20. The SMILES string of the molecule is CC(C)C[C@H]1c2nc(C3CC3)nn2CCN1C(=O)CC[C@@H]1NC(=O)NC1=O. The lowest BCUT2D eigenvalue weighted by molar-refractivity contribution is -0.135. The quantitative estimate of drug-likeness (QED) is 0.724. The second-order valence-electron chi connectivity index (χ2n) is 8.11. The summed E-state index contributed by atoms with van der Waals surface area (Å²) >= 11 is 0. The second-order valence-corrected chi connectivity index (χ2v) is 8.11. The molecule has 27 heavy (non-hydrogen) atoms. The Bertz CT molecular complexity index is 769. The van der Waals surface area contributed by atoms with Gasteiger partial charge < -0.3 is 10.2 Å². The van der Waals surface area contributed by atoms with Gasteiger partial charge in [-0.3, -0.25) is 14.9 Å². The number of aromatic nitrogens is 3. The van der Waals surface area contributed by atoms with E-state index in [0.717, 1.165) is 30.9 Å². The van der Waals surface area contributed by atoms with Crippen molar-refractivity contribution in [3.05, 3.63) is 11.6 Å². The summed E-state index contributed by atoms with van der Waals surface area (Å²) in [5.74, 6) is 2.33. The van der Waals surface area contributed by atoms with Crippen LogP contribution in [0, 0.1) is 5.92 Å². The summed E-state index contributed by atoms with van der Waals surface area (Å²) in [5, 5.41) is 9.41. The molecule has 2 fully saturated rings. The minimum atomic E-state index is -0.625. The van der Waals surface area contributed by atoms with Gasteiger partial charge in [0.2, 0.25) is 5.91 Å². The standard InChI is InChI=1S/C18H26N6O3/c1-10(2)9-13-16-20-15(11-3-4-11)22-24(16)8-7-23(13)14(25)6-5-12-17(26)21-18(27)19-12/h10-13H,3-9H2,1-2H3,(H2,19,21,26,27)/t12-,13-/m0/s1. The van der Waals surface area contributed by atoms with Gasteiger partial charge in [-0.15, -0.1) is 0 Å². The maximum atomic E-state index is 12.9. The van der Waals surface area contributed by atoms with Gasteiger partial charge in [0.05, 0.1) is 12.6 Å². The van der Waals surface area contributed by atoms with Crippen LogP contribution in [0.4, 0.5) is 4.79 Å². The molecule has 0 bridgehead atoms. The normalized spacial score (nSPS) is 24.8. The van der Waals surface area contributed by atoms with E-state index >= 15 is 0 Å². The molecular weight excluding hydrogens is 348 g/mol. The van der Waals surface area contributed by atoms with Crippen LogP contribution in [0.3, 0.4) is 0 Å². The van der Waals surface area contributed by atoms with E-state index in [1.807, 2.05) is 9.58 Å². The lowest BCUT2D eigenvalue weighted by Crippen LogP contribution is -2.43. The summed E-state index contributed by atoms with van der Waals surface area (Å²) < 4.78 is 1.97. The molecule has 1 saturated carbocycles. The smallest absolute Gasteiger partial charge is 0.322 e. The molecular formula is C18H26N6O3. The molecule has 1 aromatic rings. The predicted octanol–water partition coefficient (Wildman–Crippen LogP) is 1.07. The zero-order valence-electron chi connectivity index (χ0n) is 15.8. The maximum Gasteiger partial charge on any atom is 0.322 e. The summed E-state index contributed by atoms with van der Waals surface area (Å²) in [6.07, 6.45) is 3.65. The summed E-state index contributed by atoms with van der Waals surface area (Å²) in [7, 11) is 0. The number of hydrogen-bond donors (Lipinski definition) is 2.